The quantitative estimate of drug-likeness (QED) is 0.445. The topological polar surface area (TPSA) is 119 Å². The number of rotatable bonds is 4. The van der Waals surface area contributed by atoms with Crippen LogP contribution in [-0.2, 0) is 4.74 Å². The molecule has 0 spiro atoms. The van der Waals surface area contributed by atoms with Crippen LogP contribution in [0.25, 0.3) is 16.8 Å². The number of carbonyl (C=O) groups is 1. The third kappa shape index (κ3) is 3.51. The molecule has 5 heterocycles. The summed E-state index contributed by atoms with van der Waals surface area (Å²) in [6.45, 7) is 1.53. The van der Waals surface area contributed by atoms with Gasteiger partial charge in [0.25, 0.3) is 5.91 Å². The molecule has 2 fully saturated rings. The molecule has 0 aliphatic carbocycles. The predicted molar refractivity (Wildman–Crippen MR) is 124 cm³/mol. The van der Waals surface area contributed by atoms with Crippen LogP contribution in [0.2, 0.25) is 0 Å². The number of anilines is 2. The first-order valence-electron chi connectivity index (χ1n) is 11.0. The lowest BCUT2D eigenvalue weighted by atomic mass is 10.0. The molecule has 1 aromatic carbocycles. The number of nitrogens with two attached hydrogens (primary N) is 1. The van der Waals surface area contributed by atoms with E-state index in [4.69, 9.17) is 15.5 Å². The van der Waals surface area contributed by atoms with Gasteiger partial charge in [-0.05, 0) is 30.7 Å². The molecule has 4 N–H and O–H groups in total. The van der Waals surface area contributed by atoms with Crippen molar-refractivity contribution in [3.05, 3.63) is 72.4 Å². The van der Waals surface area contributed by atoms with Crippen LogP contribution in [0, 0.1) is 5.92 Å². The maximum atomic E-state index is 12.6. The first-order valence-corrected chi connectivity index (χ1v) is 11.0. The summed E-state index contributed by atoms with van der Waals surface area (Å²) in [6.07, 6.45) is 6.20. The molecule has 4 aromatic rings. The average molecular weight is 441 g/mol. The fourth-order valence-electron chi connectivity index (χ4n) is 4.76. The van der Waals surface area contributed by atoms with Gasteiger partial charge >= 0.3 is 0 Å². The van der Waals surface area contributed by atoms with Crippen molar-refractivity contribution < 1.29 is 9.53 Å². The zero-order chi connectivity index (χ0) is 22.4. The average Bonchev–Trinajstić information content (AvgIpc) is 3.54. The normalized spacial score (nSPS) is 21.9. The second-order valence-corrected chi connectivity index (χ2v) is 8.46. The Kier molecular flexibility index (Phi) is 4.78. The molecule has 6 rings (SSSR count). The molecule has 166 valence electrons. The third-order valence-corrected chi connectivity index (χ3v) is 6.40. The molecule has 2 saturated heterocycles. The summed E-state index contributed by atoms with van der Waals surface area (Å²) < 4.78 is 7.62. The van der Waals surface area contributed by atoms with Gasteiger partial charge in [0.1, 0.15) is 28.7 Å². The summed E-state index contributed by atoms with van der Waals surface area (Å²) >= 11 is 0. The van der Waals surface area contributed by atoms with E-state index in [2.05, 4.69) is 20.6 Å². The maximum absolute atomic E-state index is 12.6. The summed E-state index contributed by atoms with van der Waals surface area (Å²) in [6, 6.07) is 13.2. The SMILES string of the molecule is Nc1nccn2c([C@@H]3C[C@H]4COC[C@H]4N3)nc(-c3ccc(C(=O)Nc4ccccn4)cc3)c12. The molecule has 0 saturated carbocycles. The molecule has 33 heavy (non-hydrogen) atoms. The van der Waals surface area contributed by atoms with Crippen molar-refractivity contribution in [2.45, 2.75) is 18.5 Å². The van der Waals surface area contributed by atoms with E-state index < -0.39 is 0 Å². The van der Waals surface area contributed by atoms with Crippen molar-refractivity contribution in [1.82, 2.24) is 24.7 Å². The number of aromatic nitrogens is 4. The molecular formula is C24H23N7O2. The number of nitrogens with one attached hydrogen (secondary N) is 2. The summed E-state index contributed by atoms with van der Waals surface area (Å²) in [4.78, 5) is 26.0. The Morgan fingerprint density at radius 3 is 2.79 bits per heavy atom. The molecule has 2 aliphatic heterocycles. The van der Waals surface area contributed by atoms with E-state index >= 15 is 0 Å². The largest absolute Gasteiger partial charge is 0.382 e. The second kappa shape index (κ2) is 7.95. The Morgan fingerprint density at radius 2 is 2.00 bits per heavy atom. The van der Waals surface area contributed by atoms with Crippen molar-refractivity contribution in [2.24, 2.45) is 5.92 Å². The number of nitrogens with zero attached hydrogens (tertiary/aromatic N) is 4. The fourth-order valence-corrected chi connectivity index (χ4v) is 4.76. The minimum atomic E-state index is -0.222. The minimum Gasteiger partial charge on any atom is -0.382 e. The number of hydrogen-bond donors (Lipinski definition) is 3. The van der Waals surface area contributed by atoms with E-state index in [1.54, 1.807) is 36.7 Å². The number of pyridine rings is 1. The highest BCUT2D eigenvalue weighted by molar-refractivity contribution is 6.04. The molecule has 2 aliphatic rings. The summed E-state index contributed by atoms with van der Waals surface area (Å²) in [5, 5.41) is 6.46. The molecule has 3 atom stereocenters. The van der Waals surface area contributed by atoms with E-state index in [9.17, 15) is 4.79 Å². The summed E-state index contributed by atoms with van der Waals surface area (Å²) in [5.74, 6) is 2.13. The Morgan fingerprint density at radius 1 is 1.12 bits per heavy atom. The number of carbonyl (C=O) groups excluding carboxylic acids is 1. The van der Waals surface area contributed by atoms with Crippen LogP contribution < -0.4 is 16.4 Å². The molecule has 0 unspecified atom stereocenters. The van der Waals surface area contributed by atoms with Crippen LogP contribution in [0.5, 0.6) is 0 Å². The van der Waals surface area contributed by atoms with E-state index in [0.717, 1.165) is 42.2 Å². The van der Waals surface area contributed by atoms with Crippen molar-refractivity contribution in [3.63, 3.8) is 0 Å². The first-order chi connectivity index (χ1) is 16.2. The van der Waals surface area contributed by atoms with Crippen molar-refractivity contribution in [3.8, 4) is 11.3 Å². The number of hydrogen-bond acceptors (Lipinski definition) is 7. The van der Waals surface area contributed by atoms with Crippen molar-refractivity contribution >= 4 is 23.1 Å². The Labute approximate surface area is 190 Å². The monoisotopic (exact) mass is 441 g/mol. The molecule has 3 aromatic heterocycles. The predicted octanol–water partition coefficient (Wildman–Crippen LogP) is 2.68. The summed E-state index contributed by atoms with van der Waals surface area (Å²) in [5.41, 5.74) is 9.20. The first kappa shape index (κ1) is 19.8. The zero-order valence-electron chi connectivity index (χ0n) is 17.8. The van der Waals surface area contributed by atoms with E-state index in [-0.39, 0.29) is 11.9 Å². The number of benzene rings is 1. The van der Waals surface area contributed by atoms with Crippen LogP contribution in [0.3, 0.4) is 0 Å². The van der Waals surface area contributed by atoms with Crippen LogP contribution in [0.15, 0.2) is 61.1 Å². The summed E-state index contributed by atoms with van der Waals surface area (Å²) in [7, 11) is 0. The van der Waals surface area contributed by atoms with Gasteiger partial charge in [0, 0.05) is 41.7 Å². The highest BCUT2D eigenvalue weighted by Crippen LogP contribution is 2.37. The minimum absolute atomic E-state index is 0.121. The lowest BCUT2D eigenvalue weighted by Gasteiger charge is -2.12. The number of nitrogen functional groups attached to an aromatic ring is 1. The van der Waals surface area contributed by atoms with Gasteiger partial charge < -0.3 is 21.1 Å². The Balaban J connectivity index is 1.33. The molecule has 0 bridgehead atoms. The second-order valence-electron chi connectivity index (χ2n) is 8.46. The zero-order valence-corrected chi connectivity index (χ0v) is 17.8. The van der Waals surface area contributed by atoms with Gasteiger partial charge in [0.05, 0.1) is 19.3 Å². The number of ether oxygens (including phenoxy) is 1. The van der Waals surface area contributed by atoms with Crippen LogP contribution in [-0.4, -0.2) is 44.5 Å². The highest BCUT2D eigenvalue weighted by atomic mass is 16.5. The third-order valence-electron chi connectivity index (χ3n) is 6.40. The lowest BCUT2D eigenvalue weighted by molar-refractivity contribution is 0.102. The highest BCUT2D eigenvalue weighted by Gasteiger charge is 2.40. The van der Waals surface area contributed by atoms with Gasteiger partial charge in [-0.25, -0.2) is 15.0 Å². The molecule has 9 heteroatoms. The van der Waals surface area contributed by atoms with Gasteiger partial charge in [0.2, 0.25) is 0 Å². The van der Waals surface area contributed by atoms with Crippen LogP contribution >= 0.6 is 0 Å². The molecule has 1 amide bonds. The van der Waals surface area contributed by atoms with Crippen LogP contribution in [0.4, 0.5) is 11.6 Å². The smallest absolute Gasteiger partial charge is 0.256 e. The van der Waals surface area contributed by atoms with Gasteiger partial charge in [-0.1, -0.05) is 18.2 Å². The number of amides is 1. The van der Waals surface area contributed by atoms with Gasteiger partial charge in [0.15, 0.2) is 0 Å². The van der Waals surface area contributed by atoms with E-state index in [0.29, 0.717) is 29.2 Å². The van der Waals surface area contributed by atoms with E-state index in [1.165, 1.54) is 0 Å². The standard InChI is InChI=1S/C24H23N7O2/c25-22-21-20(14-4-6-15(7-5-14)24(32)29-19-3-1-2-8-26-19)30-23(31(21)10-9-27-22)17-11-16-12-33-13-18(16)28-17/h1-10,16-18,28H,11-13H2,(H2,25,27)(H,26,29,32)/t16-,17-,18+/m0/s1. The molecular weight excluding hydrogens is 418 g/mol. The number of fused-ring (bicyclic) bond motifs is 2. The van der Waals surface area contributed by atoms with Crippen molar-refractivity contribution in [1.29, 1.82) is 0 Å². The van der Waals surface area contributed by atoms with Gasteiger partial charge in [-0.15, -0.1) is 0 Å². The number of imidazole rings is 1. The van der Waals surface area contributed by atoms with E-state index in [1.807, 2.05) is 28.8 Å². The van der Waals surface area contributed by atoms with Crippen molar-refractivity contribution in [2.75, 3.05) is 24.3 Å². The Hall–Kier alpha value is -3.82. The molecule has 0 radical (unpaired) electrons. The fraction of sp³-hybridized carbons (Fsp3) is 0.250. The molecule has 9 nitrogen and oxygen atoms in total. The van der Waals surface area contributed by atoms with Crippen LogP contribution in [0.1, 0.15) is 28.6 Å². The van der Waals surface area contributed by atoms with Gasteiger partial charge in [-0.2, -0.15) is 0 Å². The lowest BCUT2D eigenvalue weighted by Crippen LogP contribution is -2.28. The Bertz CT molecular complexity index is 1310. The maximum Gasteiger partial charge on any atom is 0.256 e. The van der Waals surface area contributed by atoms with Gasteiger partial charge in [-0.3, -0.25) is 9.20 Å².